The number of rotatable bonds is 1. The molecule has 0 amide bonds. The molecule has 0 fully saturated rings. The number of halogens is 3. The van der Waals surface area contributed by atoms with Crippen molar-refractivity contribution in [3.8, 4) is 0 Å². The second kappa shape index (κ2) is 20.9. The quantitative estimate of drug-likeness (QED) is 0.293. The first-order valence-electron chi connectivity index (χ1n) is 5.88. The summed E-state index contributed by atoms with van der Waals surface area (Å²) in [5.74, 6) is 0. The maximum atomic E-state index is 4.08. The summed E-state index contributed by atoms with van der Waals surface area (Å²) in [4.78, 5) is 7.32. The average Bonchev–Trinajstić information content (AvgIpc) is 2.60. The maximum absolute atomic E-state index is 4.08. The number of pyridine rings is 2. The molecular weight excluding hydrogens is 522 g/mol. The van der Waals surface area contributed by atoms with E-state index in [1.54, 1.807) is 24.5 Å². The standard InChI is InChI=1S/C6H5N.2C5H4N.3ClH.Ta/c7-6-4-2-1-3-5-6;2*1-2-4-6-5-3-1;;;;/h1-5H;2*1-4H;3*1H;/q;2*-1;;;;/p-3. The Balaban J connectivity index is -0.000000248. The van der Waals surface area contributed by atoms with E-state index in [0.717, 1.165) is 26.6 Å². The molecule has 7 heteroatoms. The van der Waals surface area contributed by atoms with Gasteiger partial charge in [0.2, 0.25) is 0 Å². The molecule has 0 aliphatic carbocycles. The number of hydrogen-bond donors (Lipinski definition) is 0. The van der Waals surface area contributed by atoms with Crippen molar-refractivity contribution >= 4 is 5.69 Å². The van der Waals surface area contributed by atoms with Crippen molar-refractivity contribution in [1.82, 2.24) is 9.97 Å². The monoisotopic (exact) mass is 533 g/mol. The molecule has 0 unspecified atom stereocenters. The summed E-state index contributed by atoms with van der Waals surface area (Å²) in [5, 5.41) is 0. The van der Waals surface area contributed by atoms with Crippen LogP contribution in [0.5, 0.6) is 0 Å². The van der Waals surface area contributed by atoms with Gasteiger partial charge in [-0.3, -0.25) is 0 Å². The van der Waals surface area contributed by atoms with Crippen molar-refractivity contribution in [2.75, 3.05) is 0 Å². The molecule has 3 nitrogen and oxygen atoms in total. The number of hydrogen-bond acceptors (Lipinski definition) is 3. The van der Waals surface area contributed by atoms with Gasteiger partial charge in [-0.2, -0.15) is 36.4 Å². The SMILES string of the molecule is [Cl-].[Cl-].[Cl-].[Ta]=[N]c1ccccc1.[c-]1ccccn1.[c-]1ccccn1. The predicted molar refractivity (Wildman–Crippen MR) is 74.7 cm³/mol. The molecule has 3 rings (SSSR count). The zero-order chi connectivity index (χ0) is 14.3. The van der Waals surface area contributed by atoms with Crippen LogP contribution in [0.4, 0.5) is 5.69 Å². The molecule has 3 aromatic rings. The molecule has 0 saturated carbocycles. The van der Waals surface area contributed by atoms with Crippen LogP contribution in [0.1, 0.15) is 0 Å². The Morgan fingerprint density at radius 1 is 0.696 bits per heavy atom. The molecule has 0 aliphatic heterocycles. The molecule has 1 aromatic carbocycles. The van der Waals surface area contributed by atoms with Gasteiger partial charge in [0.25, 0.3) is 0 Å². The molecule has 0 N–H and O–H groups in total. The van der Waals surface area contributed by atoms with Gasteiger partial charge < -0.3 is 47.2 Å². The van der Waals surface area contributed by atoms with Gasteiger partial charge in [0.1, 0.15) is 0 Å². The summed E-state index contributed by atoms with van der Waals surface area (Å²) in [6.45, 7) is 0. The van der Waals surface area contributed by atoms with Gasteiger partial charge >= 0.3 is 60.2 Å². The van der Waals surface area contributed by atoms with E-state index in [-0.39, 0.29) is 37.2 Å². The molecule has 0 saturated heterocycles. The second-order valence-electron chi connectivity index (χ2n) is 3.35. The summed E-state index contributed by atoms with van der Waals surface area (Å²) in [5.41, 5.74) is 1.08. The van der Waals surface area contributed by atoms with Crippen molar-refractivity contribution in [2.24, 2.45) is 3.34 Å². The normalized spacial score (nSPS) is 7.09. The minimum atomic E-state index is 0. The van der Waals surface area contributed by atoms with E-state index in [2.05, 4.69) is 25.7 Å². The van der Waals surface area contributed by atoms with Crippen LogP contribution in [-0.2, 0) is 20.9 Å². The third kappa shape index (κ3) is 17.1. The van der Waals surface area contributed by atoms with Gasteiger partial charge in [0, 0.05) is 0 Å². The molecule has 0 radical (unpaired) electrons. The van der Waals surface area contributed by atoms with E-state index in [1.807, 2.05) is 54.6 Å². The van der Waals surface area contributed by atoms with Gasteiger partial charge in [-0.15, -0.1) is 0 Å². The van der Waals surface area contributed by atoms with Crippen LogP contribution in [0, 0.1) is 12.4 Å². The Labute approximate surface area is 168 Å². The fraction of sp³-hybridized carbons (Fsp3) is 0. The topological polar surface area (TPSA) is 38.1 Å². The van der Waals surface area contributed by atoms with E-state index in [4.69, 9.17) is 0 Å². The van der Waals surface area contributed by atoms with E-state index in [0.29, 0.717) is 0 Å². The Hall–Kier alpha value is -1.07. The first kappa shape index (κ1) is 26.8. The molecule has 0 spiro atoms. The van der Waals surface area contributed by atoms with Crippen molar-refractivity contribution in [2.45, 2.75) is 0 Å². The van der Waals surface area contributed by atoms with Crippen molar-refractivity contribution < 1.29 is 58.1 Å². The van der Waals surface area contributed by atoms with Crippen LogP contribution in [-0.4, -0.2) is 9.97 Å². The predicted octanol–water partition coefficient (Wildman–Crippen LogP) is -5.18. The van der Waals surface area contributed by atoms with Crippen LogP contribution in [0.3, 0.4) is 0 Å². The fourth-order valence-corrected chi connectivity index (χ4v) is 1.53. The van der Waals surface area contributed by atoms with Crippen LogP contribution in [0.25, 0.3) is 0 Å². The van der Waals surface area contributed by atoms with E-state index >= 15 is 0 Å². The Kier molecular flexibility index (Phi) is 24.4. The van der Waals surface area contributed by atoms with E-state index in [1.165, 1.54) is 0 Å². The van der Waals surface area contributed by atoms with Gasteiger partial charge in [0.15, 0.2) is 0 Å². The summed E-state index contributed by atoms with van der Waals surface area (Å²) in [6.07, 6.45) is 8.67. The van der Waals surface area contributed by atoms with Gasteiger partial charge in [-0.05, 0) is 0 Å². The van der Waals surface area contributed by atoms with Gasteiger partial charge in [-0.25, -0.2) is 0 Å². The van der Waals surface area contributed by atoms with Gasteiger partial charge in [-0.1, -0.05) is 24.8 Å². The second-order valence-corrected chi connectivity index (χ2v) is 4.07. The molecule has 0 atom stereocenters. The number of nitrogens with zero attached hydrogens (tertiary/aromatic N) is 3. The van der Waals surface area contributed by atoms with Crippen LogP contribution in [0.15, 0.2) is 82.5 Å². The molecule has 2 aromatic heterocycles. The Morgan fingerprint density at radius 2 is 1.17 bits per heavy atom. The molecule has 23 heavy (non-hydrogen) atoms. The first-order chi connectivity index (χ1) is 9.93. The van der Waals surface area contributed by atoms with Crippen molar-refractivity contribution in [3.05, 3.63) is 91.5 Å². The summed E-state index contributed by atoms with van der Waals surface area (Å²) >= 11 is 1.08. The zero-order valence-electron chi connectivity index (χ0n) is 11.9. The Morgan fingerprint density at radius 3 is 1.35 bits per heavy atom. The first-order valence-corrected chi connectivity index (χ1v) is 7.31. The summed E-state index contributed by atoms with van der Waals surface area (Å²) < 4.78 is 4.08. The maximum Gasteiger partial charge on any atom is -0.0813 e. The van der Waals surface area contributed by atoms with Crippen LogP contribution in [0.2, 0.25) is 0 Å². The zero-order valence-corrected chi connectivity index (χ0v) is 17.4. The smallest absolute Gasteiger partial charge is 0.0813 e. The van der Waals surface area contributed by atoms with Gasteiger partial charge in [0.05, 0.1) is 0 Å². The van der Waals surface area contributed by atoms with Crippen molar-refractivity contribution in [1.29, 1.82) is 0 Å². The van der Waals surface area contributed by atoms with E-state index in [9.17, 15) is 0 Å². The number of aromatic nitrogens is 2. The summed E-state index contributed by atoms with van der Waals surface area (Å²) in [6, 6.07) is 21.0. The fourth-order valence-electron chi connectivity index (χ4n) is 1.05. The minimum Gasteiger partial charge on any atom is -0.394 e. The third-order valence-electron chi connectivity index (χ3n) is 1.91. The number of benzene rings is 1. The molecule has 2 heterocycles. The largest absolute Gasteiger partial charge is 0.394 e. The van der Waals surface area contributed by atoms with Crippen LogP contribution >= 0.6 is 0 Å². The molecule has 123 valence electrons. The Bertz CT molecular complexity index is 473. The average molecular weight is 535 g/mol. The molecular formula is C16H13Cl3N3Ta-5. The molecule has 0 bridgehead atoms. The van der Waals surface area contributed by atoms with Crippen LogP contribution < -0.4 is 37.2 Å². The third-order valence-corrected chi connectivity index (χ3v) is 2.74. The minimum absolute atomic E-state index is 0. The van der Waals surface area contributed by atoms with E-state index < -0.39 is 0 Å². The van der Waals surface area contributed by atoms with Crippen molar-refractivity contribution in [3.63, 3.8) is 0 Å². The molecule has 0 aliphatic rings. The summed E-state index contributed by atoms with van der Waals surface area (Å²) in [7, 11) is 0.